The first-order valence-electron chi connectivity index (χ1n) is 7.22. The van der Waals surface area contributed by atoms with E-state index in [0.717, 1.165) is 12.1 Å². The van der Waals surface area contributed by atoms with E-state index in [0.29, 0.717) is 0 Å². The summed E-state index contributed by atoms with van der Waals surface area (Å²) in [4.78, 5) is 23.2. The summed E-state index contributed by atoms with van der Waals surface area (Å²) in [6, 6.07) is 6.14. The number of Topliss-reactive ketones (excluding diaryl/α,β-unsaturated/α-hetero) is 2. The molecule has 0 aromatic heterocycles. The molecular weight excluding hydrogens is 437 g/mol. The third-order valence-electron chi connectivity index (χ3n) is 3.31. The summed E-state index contributed by atoms with van der Waals surface area (Å²) in [5.74, 6) is -16.4. The molecule has 1 atom stereocenters. The van der Waals surface area contributed by atoms with Crippen LogP contribution in [0.4, 0.5) is 48.3 Å². The SMILES string of the molecule is O=C(CC(=O)c1ccccc1)CC(F)(OC(F)(F)C(F)(F)C(F)(F)F)C(F)(F)F. The third-order valence-corrected chi connectivity index (χ3v) is 3.31. The van der Waals surface area contributed by atoms with E-state index < -0.39 is 54.6 Å². The molecule has 0 heterocycles. The lowest BCUT2D eigenvalue weighted by Crippen LogP contribution is -2.59. The summed E-state index contributed by atoms with van der Waals surface area (Å²) in [5.41, 5.74) is -0.243. The average Bonchev–Trinajstić information content (AvgIpc) is 2.52. The maximum absolute atomic E-state index is 14.0. The Hall–Kier alpha value is -2.25. The number of hydrogen-bond donors (Lipinski definition) is 0. The largest absolute Gasteiger partial charge is 0.462 e. The number of carbonyl (C=O) groups is 2. The van der Waals surface area contributed by atoms with E-state index >= 15 is 0 Å². The highest BCUT2D eigenvalue weighted by molar-refractivity contribution is 6.08. The Bertz CT molecular complexity index is 740. The summed E-state index contributed by atoms with van der Waals surface area (Å²) in [7, 11) is 0. The van der Waals surface area contributed by atoms with Gasteiger partial charge in [-0.15, -0.1) is 0 Å². The molecule has 0 fully saturated rings. The molecule has 0 radical (unpaired) electrons. The summed E-state index contributed by atoms with van der Waals surface area (Å²) < 4.78 is 142. The maximum atomic E-state index is 14.0. The highest BCUT2D eigenvalue weighted by Crippen LogP contribution is 2.51. The van der Waals surface area contributed by atoms with Crippen LogP contribution < -0.4 is 0 Å². The summed E-state index contributed by atoms with van der Waals surface area (Å²) >= 11 is 0. The third kappa shape index (κ3) is 5.42. The molecule has 0 saturated carbocycles. The van der Waals surface area contributed by atoms with Gasteiger partial charge in [-0.25, -0.2) is 4.39 Å². The van der Waals surface area contributed by atoms with Gasteiger partial charge >= 0.3 is 30.2 Å². The summed E-state index contributed by atoms with van der Waals surface area (Å²) in [5, 5.41) is 0. The van der Waals surface area contributed by atoms with Gasteiger partial charge in [-0.3, -0.25) is 14.3 Å². The second kappa shape index (κ2) is 7.88. The number of ether oxygens (including phenoxy) is 1. The van der Waals surface area contributed by atoms with Crippen molar-refractivity contribution in [2.75, 3.05) is 0 Å². The molecule has 0 bridgehead atoms. The fraction of sp³-hybridized carbons (Fsp3) is 0.467. The molecule has 164 valence electrons. The van der Waals surface area contributed by atoms with Crippen molar-refractivity contribution in [3.05, 3.63) is 35.9 Å². The van der Waals surface area contributed by atoms with Gasteiger partial charge in [0.1, 0.15) is 5.78 Å². The number of hydrogen-bond acceptors (Lipinski definition) is 3. The quantitative estimate of drug-likeness (QED) is 0.311. The Morgan fingerprint density at radius 3 is 1.66 bits per heavy atom. The first-order chi connectivity index (χ1) is 12.8. The van der Waals surface area contributed by atoms with Gasteiger partial charge in [-0.05, 0) is 0 Å². The van der Waals surface area contributed by atoms with Gasteiger partial charge < -0.3 is 0 Å². The maximum Gasteiger partial charge on any atom is 0.462 e. The minimum Gasteiger partial charge on any atom is -0.299 e. The van der Waals surface area contributed by atoms with Gasteiger partial charge in [0.15, 0.2) is 5.78 Å². The molecule has 0 aliphatic rings. The Labute approximate surface area is 154 Å². The smallest absolute Gasteiger partial charge is 0.299 e. The van der Waals surface area contributed by atoms with Gasteiger partial charge in [0, 0.05) is 5.56 Å². The van der Waals surface area contributed by atoms with E-state index in [-0.39, 0.29) is 5.56 Å². The van der Waals surface area contributed by atoms with Gasteiger partial charge in [-0.1, -0.05) is 30.3 Å². The van der Waals surface area contributed by atoms with Gasteiger partial charge in [0.05, 0.1) is 12.8 Å². The van der Waals surface area contributed by atoms with E-state index in [1.54, 1.807) is 0 Å². The van der Waals surface area contributed by atoms with E-state index in [1.165, 1.54) is 18.2 Å². The van der Waals surface area contributed by atoms with Crippen LogP contribution in [-0.2, 0) is 9.53 Å². The molecule has 1 aromatic carbocycles. The molecular formula is C15H9F11O3. The number of alkyl halides is 11. The molecule has 1 unspecified atom stereocenters. The van der Waals surface area contributed by atoms with Gasteiger partial charge in [-0.2, -0.15) is 43.9 Å². The monoisotopic (exact) mass is 446 g/mol. The van der Waals surface area contributed by atoms with Gasteiger partial charge in [0.25, 0.3) is 0 Å². The second-order valence-corrected chi connectivity index (χ2v) is 5.60. The second-order valence-electron chi connectivity index (χ2n) is 5.60. The van der Waals surface area contributed by atoms with E-state index in [9.17, 15) is 57.9 Å². The van der Waals surface area contributed by atoms with Crippen LogP contribution in [0.15, 0.2) is 30.3 Å². The van der Waals surface area contributed by atoms with Crippen LogP contribution >= 0.6 is 0 Å². The van der Waals surface area contributed by atoms with E-state index in [1.807, 2.05) is 0 Å². The number of rotatable bonds is 8. The zero-order valence-corrected chi connectivity index (χ0v) is 13.7. The molecule has 0 saturated heterocycles. The molecule has 0 aliphatic carbocycles. The van der Waals surface area contributed by atoms with Crippen LogP contribution in [0.5, 0.6) is 0 Å². The summed E-state index contributed by atoms with van der Waals surface area (Å²) in [6.45, 7) is 0. The molecule has 29 heavy (non-hydrogen) atoms. The van der Waals surface area contributed by atoms with Crippen LogP contribution in [0.1, 0.15) is 23.2 Å². The molecule has 0 N–H and O–H groups in total. The van der Waals surface area contributed by atoms with E-state index in [4.69, 9.17) is 0 Å². The van der Waals surface area contributed by atoms with Crippen molar-refractivity contribution in [1.82, 2.24) is 0 Å². The van der Waals surface area contributed by atoms with Crippen molar-refractivity contribution >= 4 is 11.6 Å². The highest BCUT2D eigenvalue weighted by atomic mass is 19.4. The molecule has 14 heteroatoms. The topological polar surface area (TPSA) is 43.4 Å². The number of carbonyl (C=O) groups excluding carboxylic acids is 2. The lowest BCUT2D eigenvalue weighted by molar-refractivity contribution is -0.482. The minimum absolute atomic E-state index is 0.243. The van der Waals surface area contributed by atoms with Crippen molar-refractivity contribution in [3.63, 3.8) is 0 Å². The molecule has 1 aromatic rings. The normalized spacial score (nSPS) is 15.7. The van der Waals surface area contributed by atoms with Crippen molar-refractivity contribution in [1.29, 1.82) is 0 Å². The molecule has 0 amide bonds. The molecule has 1 rings (SSSR count). The van der Waals surface area contributed by atoms with Crippen LogP contribution in [-0.4, -0.2) is 41.8 Å². The fourth-order valence-electron chi connectivity index (χ4n) is 1.85. The van der Waals surface area contributed by atoms with Crippen LogP contribution in [0.2, 0.25) is 0 Å². The molecule has 0 spiro atoms. The fourth-order valence-corrected chi connectivity index (χ4v) is 1.85. The zero-order valence-electron chi connectivity index (χ0n) is 13.7. The zero-order chi connectivity index (χ0) is 22.9. The predicted octanol–water partition coefficient (Wildman–Crippen LogP) is 5.25. The summed E-state index contributed by atoms with van der Waals surface area (Å²) in [6.07, 6.45) is -25.0. The Morgan fingerprint density at radius 2 is 1.24 bits per heavy atom. The Kier molecular flexibility index (Phi) is 6.73. The van der Waals surface area contributed by atoms with Crippen molar-refractivity contribution < 1.29 is 62.6 Å². The Balaban J connectivity index is 3.10. The molecule has 3 nitrogen and oxygen atoms in total. The Morgan fingerprint density at radius 1 is 0.759 bits per heavy atom. The van der Waals surface area contributed by atoms with Crippen LogP contribution in [0, 0.1) is 0 Å². The first kappa shape index (κ1) is 24.8. The number of halogens is 11. The number of ketones is 2. The molecule has 0 aliphatic heterocycles. The number of benzene rings is 1. The lowest BCUT2D eigenvalue weighted by Gasteiger charge is -2.34. The van der Waals surface area contributed by atoms with Crippen molar-refractivity contribution in [3.8, 4) is 0 Å². The van der Waals surface area contributed by atoms with Crippen molar-refractivity contribution in [2.45, 2.75) is 43.1 Å². The van der Waals surface area contributed by atoms with Gasteiger partial charge in [0.2, 0.25) is 0 Å². The standard InChI is InChI=1S/C15H9F11O3/c16-11(13(19,20)21,29-15(25,26)12(17,18)14(22,23)24)7-9(27)6-10(28)8-4-2-1-3-5-8/h1-5H,6-7H2. The van der Waals surface area contributed by atoms with Crippen molar-refractivity contribution in [2.24, 2.45) is 0 Å². The predicted molar refractivity (Wildman–Crippen MR) is 71.9 cm³/mol. The first-order valence-corrected chi connectivity index (χ1v) is 7.22. The van der Waals surface area contributed by atoms with Crippen LogP contribution in [0.3, 0.4) is 0 Å². The lowest BCUT2D eigenvalue weighted by atomic mass is 10.0. The van der Waals surface area contributed by atoms with E-state index in [2.05, 4.69) is 4.74 Å². The highest BCUT2D eigenvalue weighted by Gasteiger charge is 2.78. The minimum atomic E-state index is -7.22. The average molecular weight is 446 g/mol. The van der Waals surface area contributed by atoms with Crippen LogP contribution in [0.25, 0.3) is 0 Å².